The van der Waals surface area contributed by atoms with Gasteiger partial charge in [0.15, 0.2) is 46.4 Å². The number of phosphoric acid groups is 2. The number of carbonyl (C=O) groups excluding carboxylic acids is 4. The molecule has 0 spiro atoms. The first kappa shape index (κ1) is 93.0. The molecule has 14 atom stereocenters. The van der Waals surface area contributed by atoms with Crippen molar-refractivity contribution in [3.8, 4) is 11.8 Å². The van der Waals surface area contributed by atoms with Crippen LogP contribution >= 0.6 is 15.6 Å². The summed E-state index contributed by atoms with van der Waals surface area (Å²) in [6.45, 7) is 29.3. The SMILES string of the molecule is CC(C)(CO)[C@@H](O)C(=O)NCCCO.CC1(C)OCC(C)(C)[C@H](C(=O)NCCCO)O1.CCOc1nc(N)nc2c1ncn2[C@@H]1O[C@@H]2COP(=O)(OCCCNC(=O)[C@@H]3OC(C)(C)OCC3(C)C)O[C@H]2[C@@]1(C)O.CCOc1nc(N)nc2c1ncn2[C@@H]1O[C@@H]2COP(=O)(OCCCNC(=O)[C@H](O)C(C)(C)CO)O[C@H]2[C@@]1(C)O. The van der Waals surface area contributed by atoms with E-state index in [2.05, 4.69) is 51.2 Å². The molecule has 6 aliphatic rings. The van der Waals surface area contributed by atoms with E-state index in [4.69, 9.17) is 91.8 Å². The van der Waals surface area contributed by atoms with Gasteiger partial charge in [0.1, 0.15) is 60.0 Å². The lowest BCUT2D eigenvalue weighted by Crippen LogP contribution is -2.56. The van der Waals surface area contributed by atoms with Gasteiger partial charge in [0.05, 0.1) is 78.7 Å². The summed E-state index contributed by atoms with van der Waals surface area (Å²) in [5.41, 5.74) is 6.82. The maximum absolute atomic E-state index is 13.3. The van der Waals surface area contributed by atoms with Gasteiger partial charge >= 0.3 is 15.6 Å². The number of ether oxygens (including phenoxy) is 8. The van der Waals surface area contributed by atoms with Crippen molar-refractivity contribution in [2.45, 2.75) is 221 Å². The number of nitrogens with two attached hydrogens (primary N) is 2. The third kappa shape index (κ3) is 23.1. The van der Waals surface area contributed by atoms with Crippen LogP contribution in [-0.2, 0) is 83.9 Å². The molecule has 0 saturated carbocycles. The molecule has 44 heteroatoms. The fourth-order valence-corrected chi connectivity index (χ4v) is 14.9. The zero-order chi connectivity index (χ0) is 83.4. The second kappa shape index (κ2) is 38.3. The number of nitrogen functional groups attached to an aromatic ring is 2. The molecule has 16 N–H and O–H groups in total. The number of phosphoric ester groups is 2. The number of aromatic nitrogens is 8. The number of nitrogens with one attached hydrogen (secondary N) is 4. The Bertz CT molecular complexity index is 3900. The van der Waals surface area contributed by atoms with Gasteiger partial charge in [-0.2, -0.15) is 19.9 Å². The Morgan fingerprint density at radius 1 is 0.571 bits per heavy atom. The molecule has 4 aromatic heterocycles. The number of aliphatic hydroxyl groups excluding tert-OH is 6. The first-order chi connectivity index (χ1) is 52.2. The third-order valence-electron chi connectivity index (χ3n) is 18.7. The first-order valence-corrected chi connectivity index (χ1v) is 39.8. The molecule has 2 unspecified atom stereocenters. The molecule has 0 bridgehead atoms. The molecular formula is C68H116N14O28P2. The van der Waals surface area contributed by atoms with Gasteiger partial charge in [-0.1, -0.05) is 55.4 Å². The zero-order valence-electron chi connectivity index (χ0n) is 66.4. The summed E-state index contributed by atoms with van der Waals surface area (Å²) in [6, 6.07) is 0. The minimum atomic E-state index is -4.08. The topological polar surface area (TPSA) is 581 Å². The van der Waals surface area contributed by atoms with Gasteiger partial charge in [0.25, 0.3) is 0 Å². The van der Waals surface area contributed by atoms with E-state index >= 15 is 0 Å². The molecule has 42 nitrogen and oxygen atoms in total. The second-order valence-electron chi connectivity index (χ2n) is 31.5. The van der Waals surface area contributed by atoms with E-state index in [9.17, 15) is 53.8 Å². The number of carbonyl (C=O) groups is 4. The summed E-state index contributed by atoms with van der Waals surface area (Å²) < 4.78 is 108. The average molecular weight is 1640 g/mol. The summed E-state index contributed by atoms with van der Waals surface area (Å²) in [5.74, 6) is -2.86. The van der Waals surface area contributed by atoms with Crippen LogP contribution in [0.3, 0.4) is 0 Å². The summed E-state index contributed by atoms with van der Waals surface area (Å²) in [5, 5.41) is 88.4. The molecule has 6 saturated heterocycles. The van der Waals surface area contributed by atoms with Gasteiger partial charge in [-0.3, -0.25) is 55.5 Å². The summed E-state index contributed by atoms with van der Waals surface area (Å²) in [6.07, 6.45) is -5.23. The Morgan fingerprint density at radius 3 is 1.27 bits per heavy atom. The Labute approximate surface area is 649 Å². The molecule has 4 aromatic rings. The molecule has 10 rings (SSSR count). The number of imidazole rings is 2. The Hall–Kier alpha value is -6.16. The molecule has 4 amide bonds. The van der Waals surface area contributed by atoms with Crippen molar-refractivity contribution in [3.63, 3.8) is 0 Å². The maximum atomic E-state index is 13.3. The van der Waals surface area contributed by atoms with Crippen LogP contribution in [0.1, 0.15) is 149 Å². The smallest absolute Gasteiger partial charge is 0.475 e. The molecular weight excluding hydrogens is 1520 g/mol. The summed E-state index contributed by atoms with van der Waals surface area (Å²) >= 11 is 0. The Balaban J connectivity index is 0.000000228. The van der Waals surface area contributed by atoms with Crippen molar-refractivity contribution in [2.24, 2.45) is 21.7 Å². The minimum Gasteiger partial charge on any atom is -0.476 e. The van der Waals surface area contributed by atoms with Crippen LogP contribution in [-0.4, -0.2) is 281 Å². The number of amides is 4. The molecule has 0 aliphatic carbocycles. The first-order valence-electron chi connectivity index (χ1n) is 36.9. The highest BCUT2D eigenvalue weighted by atomic mass is 31.2. The maximum Gasteiger partial charge on any atom is 0.475 e. The van der Waals surface area contributed by atoms with Crippen molar-refractivity contribution in [2.75, 3.05) is 117 Å². The van der Waals surface area contributed by atoms with Gasteiger partial charge in [-0.25, -0.2) is 19.1 Å². The minimum absolute atomic E-state index is 0.000230. The third-order valence-corrected chi connectivity index (χ3v) is 21.6. The predicted molar refractivity (Wildman–Crippen MR) is 395 cm³/mol. The number of aliphatic hydroxyl groups is 8. The van der Waals surface area contributed by atoms with Crippen molar-refractivity contribution in [1.82, 2.24) is 60.3 Å². The number of nitrogens with zero attached hydrogens (tertiary/aromatic N) is 8. The standard InChI is InChI=1S/C25H39N6O10P.C22H35N6O10P.C12H23NO4.C9H19NO4/c1-7-35-20-15-18(29-22(26)30-20)31(13-28-15)21-25(6,33)16-14(39-21)11-38-42(34,41-16)37-10-8-9-27-19(32)17-23(2,3)12-36-24(4,5)40-17;1-5-34-18-13-16(26-20(23)27-18)28(11-25-13)19-22(4,32)15-12(37-19)9-36-39(33,38-15)35-8-6-7-24-17(31)14(30)21(2,3)10-29;1-11(2)8-16-12(3,4)17-9(11)10(15)13-6-5-7-14;1-9(2,6-12)7(13)8(14)10-4-3-5-11/h13-14,16-17,21,33H,7-12H2,1-6H3,(H,27,32)(H2,26,29,30);11-12,14-15,19,29-30,32H,5-10H2,1-4H3,(H,24,31)(H2,23,26,27);9,14H,5-8H2,1-4H3,(H,13,15);7,11-13H,3-6H2,1-2H3,(H,10,14)/t14-,16-,17+,21-,25-,42?;12-,14+,15-,19-,22-,39?;9-;7-/m1100/s1. The van der Waals surface area contributed by atoms with E-state index in [0.717, 1.165) is 0 Å². The van der Waals surface area contributed by atoms with Crippen LogP contribution in [0.5, 0.6) is 11.8 Å². The highest BCUT2D eigenvalue weighted by molar-refractivity contribution is 7.48. The predicted octanol–water partition coefficient (Wildman–Crippen LogP) is 1.09. The van der Waals surface area contributed by atoms with Crippen LogP contribution < -0.4 is 42.2 Å². The van der Waals surface area contributed by atoms with Gasteiger partial charge < -0.3 is 111 Å². The molecule has 112 heavy (non-hydrogen) atoms. The quantitative estimate of drug-likeness (QED) is 0.0257. The lowest BCUT2D eigenvalue weighted by atomic mass is 9.85. The number of fused-ring (bicyclic) bond motifs is 4. The molecule has 0 aromatic carbocycles. The monoisotopic (exact) mass is 1640 g/mol. The number of hydrogen-bond acceptors (Lipinski definition) is 36. The zero-order valence-corrected chi connectivity index (χ0v) is 68.2. The second-order valence-corrected chi connectivity index (χ2v) is 34.7. The van der Waals surface area contributed by atoms with Gasteiger partial charge in [-0.15, -0.1) is 0 Å². The summed E-state index contributed by atoms with van der Waals surface area (Å²) in [4.78, 5) is 73.4. The molecule has 636 valence electrons. The fourth-order valence-electron chi connectivity index (χ4n) is 11.9. The summed E-state index contributed by atoms with van der Waals surface area (Å²) in [7, 11) is -8.13. The van der Waals surface area contributed by atoms with Crippen LogP contribution in [0.25, 0.3) is 22.3 Å². The van der Waals surface area contributed by atoms with E-state index in [0.29, 0.717) is 69.8 Å². The van der Waals surface area contributed by atoms with Gasteiger partial charge in [-0.05, 0) is 81.1 Å². The average Bonchev–Trinajstić information content (AvgIpc) is 1.58. The van der Waals surface area contributed by atoms with E-state index < -0.39 is 128 Å². The lowest BCUT2D eigenvalue weighted by molar-refractivity contribution is -0.304. The van der Waals surface area contributed by atoms with E-state index in [-0.39, 0.29) is 125 Å². The molecule has 6 aliphatic heterocycles. The Kier molecular flexibility index (Phi) is 31.8. The van der Waals surface area contributed by atoms with Crippen LogP contribution in [0.2, 0.25) is 0 Å². The van der Waals surface area contributed by atoms with E-state index in [1.165, 1.54) is 35.6 Å². The van der Waals surface area contributed by atoms with Crippen molar-refractivity contribution >= 4 is 73.5 Å². The van der Waals surface area contributed by atoms with Crippen LogP contribution in [0.15, 0.2) is 12.7 Å². The highest BCUT2D eigenvalue weighted by Crippen LogP contribution is 2.60. The molecule has 6 fully saturated rings. The number of hydrogen-bond donors (Lipinski definition) is 14. The van der Waals surface area contributed by atoms with Crippen molar-refractivity contribution < 1.29 is 134 Å². The Morgan fingerprint density at radius 2 is 0.920 bits per heavy atom. The van der Waals surface area contributed by atoms with Gasteiger partial charge in [0, 0.05) is 61.1 Å². The largest absolute Gasteiger partial charge is 0.476 e. The van der Waals surface area contributed by atoms with Crippen molar-refractivity contribution in [3.05, 3.63) is 12.7 Å². The lowest BCUT2D eigenvalue weighted by Gasteiger charge is -2.44. The van der Waals surface area contributed by atoms with E-state index in [1.54, 1.807) is 69.2 Å². The number of rotatable bonds is 30. The van der Waals surface area contributed by atoms with E-state index in [1.807, 2.05) is 27.7 Å². The van der Waals surface area contributed by atoms with Crippen LogP contribution in [0, 0.1) is 21.7 Å². The number of anilines is 2. The normalized spacial score (nSPS) is 28.8. The molecule has 0 radical (unpaired) electrons. The molecule has 10 heterocycles. The van der Waals surface area contributed by atoms with Crippen LogP contribution in [0.4, 0.5) is 11.9 Å². The van der Waals surface area contributed by atoms with Gasteiger partial charge in [0.2, 0.25) is 47.3 Å². The fraction of sp³-hybridized carbons (Fsp3) is 0.794. The van der Waals surface area contributed by atoms with Crippen molar-refractivity contribution in [1.29, 1.82) is 0 Å². The highest BCUT2D eigenvalue weighted by Gasteiger charge is 2.62.